The lowest BCUT2D eigenvalue weighted by molar-refractivity contribution is 0.275. The molecular formula is C20H25F2NO2. The van der Waals surface area contributed by atoms with Crippen LogP contribution in [0.4, 0.5) is 8.78 Å². The first kappa shape index (κ1) is 19.3. The molecule has 1 aromatic heterocycles. The van der Waals surface area contributed by atoms with Crippen LogP contribution in [-0.2, 0) is 13.0 Å². The average Bonchev–Trinajstić information content (AvgIpc) is 2.56. The van der Waals surface area contributed by atoms with E-state index in [0.29, 0.717) is 12.0 Å². The van der Waals surface area contributed by atoms with Gasteiger partial charge in [0.1, 0.15) is 11.6 Å². The number of methoxy groups -OCH3 is 1. The summed E-state index contributed by atoms with van der Waals surface area (Å²) >= 11 is 0. The van der Waals surface area contributed by atoms with E-state index in [1.165, 1.54) is 19.2 Å². The number of hydrogen-bond acceptors (Lipinski definition) is 3. The van der Waals surface area contributed by atoms with E-state index in [0.717, 1.165) is 24.6 Å². The zero-order valence-electron chi connectivity index (χ0n) is 15.2. The number of nitrogens with zero attached hydrogens (tertiary/aromatic N) is 1. The van der Waals surface area contributed by atoms with Crippen molar-refractivity contribution < 1.29 is 18.6 Å². The Labute approximate surface area is 147 Å². The van der Waals surface area contributed by atoms with Gasteiger partial charge in [-0.05, 0) is 41.5 Å². The van der Waals surface area contributed by atoms with Crippen molar-refractivity contribution in [1.29, 1.82) is 0 Å². The van der Waals surface area contributed by atoms with E-state index < -0.39 is 18.2 Å². The van der Waals surface area contributed by atoms with Crippen molar-refractivity contribution in [2.45, 2.75) is 46.6 Å². The summed E-state index contributed by atoms with van der Waals surface area (Å²) in [6.45, 7) is 5.98. The molecule has 3 nitrogen and oxygen atoms in total. The summed E-state index contributed by atoms with van der Waals surface area (Å²) < 4.78 is 33.7. The summed E-state index contributed by atoms with van der Waals surface area (Å²) in [6.07, 6.45) is 3.73. The first-order valence-corrected chi connectivity index (χ1v) is 8.43. The molecule has 0 spiro atoms. The quantitative estimate of drug-likeness (QED) is 0.773. The molecule has 0 aliphatic carbocycles. The molecule has 1 N–H and O–H groups in total. The smallest absolute Gasteiger partial charge is 0.213 e. The van der Waals surface area contributed by atoms with E-state index in [9.17, 15) is 13.9 Å². The van der Waals surface area contributed by atoms with Crippen LogP contribution in [0.2, 0.25) is 0 Å². The van der Waals surface area contributed by atoms with Crippen LogP contribution in [0.25, 0.3) is 11.1 Å². The molecule has 0 saturated carbocycles. The van der Waals surface area contributed by atoms with Crippen molar-refractivity contribution in [2.24, 2.45) is 5.41 Å². The fourth-order valence-electron chi connectivity index (χ4n) is 3.21. The molecule has 2 aromatic rings. The maximum atomic E-state index is 14.4. The number of benzene rings is 1. The second-order valence-corrected chi connectivity index (χ2v) is 7.06. The zero-order valence-corrected chi connectivity index (χ0v) is 15.2. The van der Waals surface area contributed by atoms with Crippen molar-refractivity contribution in [3.8, 4) is 17.0 Å². The van der Waals surface area contributed by atoms with Crippen LogP contribution < -0.4 is 4.74 Å². The number of hydrogen-bond donors (Lipinski definition) is 1. The lowest BCUT2D eigenvalue weighted by Gasteiger charge is -2.26. The van der Waals surface area contributed by atoms with E-state index in [2.05, 4.69) is 25.8 Å². The number of aliphatic hydroxyl groups excluding tert-OH is 1. The maximum absolute atomic E-state index is 14.4. The number of aromatic nitrogens is 1. The predicted octanol–water partition coefficient (Wildman–Crippen LogP) is 4.90. The summed E-state index contributed by atoms with van der Waals surface area (Å²) in [7, 11) is 1.45. The minimum Gasteiger partial charge on any atom is -0.481 e. The minimum atomic E-state index is -0.551. The van der Waals surface area contributed by atoms with Gasteiger partial charge < -0.3 is 9.84 Å². The molecule has 0 saturated heterocycles. The Morgan fingerprint density at radius 1 is 1.08 bits per heavy atom. The van der Waals surface area contributed by atoms with Gasteiger partial charge in [-0.1, -0.05) is 27.2 Å². The maximum Gasteiger partial charge on any atom is 0.213 e. The van der Waals surface area contributed by atoms with Gasteiger partial charge in [0.15, 0.2) is 0 Å². The van der Waals surface area contributed by atoms with E-state index in [-0.39, 0.29) is 22.4 Å². The molecule has 136 valence electrons. The Hall–Kier alpha value is -2.01. The highest BCUT2D eigenvalue weighted by Crippen LogP contribution is 2.36. The van der Waals surface area contributed by atoms with Crippen LogP contribution >= 0.6 is 0 Å². The normalized spacial score (nSPS) is 11.6. The van der Waals surface area contributed by atoms with Crippen LogP contribution in [0.1, 0.15) is 44.7 Å². The molecule has 0 bridgehead atoms. The van der Waals surface area contributed by atoms with Gasteiger partial charge in [-0.15, -0.1) is 0 Å². The molecule has 0 unspecified atom stereocenters. The van der Waals surface area contributed by atoms with Gasteiger partial charge in [-0.25, -0.2) is 13.8 Å². The van der Waals surface area contributed by atoms with Crippen LogP contribution in [0.5, 0.6) is 5.88 Å². The van der Waals surface area contributed by atoms with E-state index in [1.807, 2.05) is 0 Å². The second-order valence-electron chi connectivity index (χ2n) is 7.06. The van der Waals surface area contributed by atoms with Crippen molar-refractivity contribution in [1.82, 2.24) is 4.98 Å². The molecule has 0 aliphatic heterocycles. The summed E-state index contributed by atoms with van der Waals surface area (Å²) in [5.41, 5.74) is 1.71. The topological polar surface area (TPSA) is 42.4 Å². The fraction of sp³-hybridized carbons (Fsp3) is 0.450. The molecule has 0 fully saturated rings. The van der Waals surface area contributed by atoms with E-state index in [1.54, 1.807) is 6.07 Å². The largest absolute Gasteiger partial charge is 0.481 e. The van der Waals surface area contributed by atoms with Gasteiger partial charge in [0.05, 0.1) is 19.9 Å². The van der Waals surface area contributed by atoms with E-state index in [4.69, 9.17) is 4.74 Å². The van der Waals surface area contributed by atoms with Crippen LogP contribution in [0.3, 0.4) is 0 Å². The van der Waals surface area contributed by atoms with Gasteiger partial charge in [0, 0.05) is 17.2 Å². The number of pyridine rings is 1. The summed E-state index contributed by atoms with van der Waals surface area (Å²) in [6, 6.07) is 4.40. The highest BCUT2D eigenvalue weighted by Gasteiger charge is 2.22. The van der Waals surface area contributed by atoms with Gasteiger partial charge in [0.25, 0.3) is 0 Å². The Morgan fingerprint density at radius 3 is 2.40 bits per heavy atom. The van der Waals surface area contributed by atoms with Crippen LogP contribution in [0.15, 0.2) is 24.4 Å². The molecule has 1 aromatic carbocycles. The van der Waals surface area contributed by atoms with Gasteiger partial charge in [-0.2, -0.15) is 0 Å². The summed E-state index contributed by atoms with van der Waals surface area (Å²) in [5, 5.41) is 9.40. The monoisotopic (exact) mass is 349 g/mol. The third-order valence-corrected chi connectivity index (χ3v) is 4.37. The van der Waals surface area contributed by atoms with Crippen LogP contribution in [0, 0.1) is 17.0 Å². The zero-order chi connectivity index (χ0) is 18.6. The van der Waals surface area contributed by atoms with Gasteiger partial charge in [-0.3, -0.25) is 0 Å². The summed E-state index contributed by atoms with van der Waals surface area (Å²) in [5.74, 6) is -0.821. The Kier molecular flexibility index (Phi) is 6.11. The molecule has 0 aliphatic rings. The minimum absolute atomic E-state index is 0.0261. The Balaban J connectivity index is 2.62. The first-order valence-electron chi connectivity index (χ1n) is 8.43. The molecule has 0 radical (unpaired) electrons. The molecule has 25 heavy (non-hydrogen) atoms. The van der Waals surface area contributed by atoms with Crippen molar-refractivity contribution in [3.63, 3.8) is 0 Å². The SMILES string of the molecule is CCCC(C)(C)Cc1cc(CO)c(F)cc1-c1cc(OC)ncc1F. The summed E-state index contributed by atoms with van der Waals surface area (Å²) in [4.78, 5) is 3.84. The fourth-order valence-corrected chi connectivity index (χ4v) is 3.21. The standard InChI is InChI=1S/C20H25F2NO2/c1-5-6-20(2,3)10-13-7-14(12-24)17(21)8-15(13)16-9-19(25-4)23-11-18(16)22/h7-9,11,24H,5-6,10,12H2,1-4H3. The Morgan fingerprint density at radius 2 is 1.80 bits per heavy atom. The number of ether oxygens (including phenoxy) is 1. The molecule has 0 atom stereocenters. The lowest BCUT2D eigenvalue weighted by atomic mass is 9.79. The van der Waals surface area contributed by atoms with Crippen molar-refractivity contribution in [2.75, 3.05) is 7.11 Å². The third kappa shape index (κ3) is 4.54. The second kappa shape index (κ2) is 7.91. The highest BCUT2D eigenvalue weighted by atomic mass is 19.1. The average molecular weight is 349 g/mol. The van der Waals surface area contributed by atoms with Crippen molar-refractivity contribution >= 4 is 0 Å². The van der Waals surface area contributed by atoms with Gasteiger partial charge in [0.2, 0.25) is 5.88 Å². The predicted molar refractivity (Wildman–Crippen MR) is 94.5 cm³/mol. The van der Waals surface area contributed by atoms with Crippen molar-refractivity contribution in [3.05, 3.63) is 47.2 Å². The lowest BCUT2D eigenvalue weighted by Crippen LogP contribution is -2.16. The first-order chi connectivity index (χ1) is 11.8. The van der Waals surface area contributed by atoms with Crippen LogP contribution in [-0.4, -0.2) is 17.2 Å². The van der Waals surface area contributed by atoms with Gasteiger partial charge >= 0.3 is 0 Å². The molecule has 2 rings (SSSR count). The number of rotatable bonds is 7. The number of aliphatic hydroxyl groups is 1. The Bertz CT molecular complexity index is 745. The van der Waals surface area contributed by atoms with E-state index >= 15 is 0 Å². The number of halogens is 2. The highest BCUT2D eigenvalue weighted by molar-refractivity contribution is 5.69. The molecule has 5 heteroatoms. The molecule has 1 heterocycles. The third-order valence-electron chi connectivity index (χ3n) is 4.37. The molecule has 0 amide bonds. The molecular weight excluding hydrogens is 324 g/mol.